The SMILES string of the molecule is COC(=O)Cn1cnc2c(cnn2Cc2ccccc2F)c1=O. The van der Waals surface area contributed by atoms with Gasteiger partial charge in [-0.25, -0.2) is 14.1 Å². The van der Waals surface area contributed by atoms with Crippen LogP contribution in [0.1, 0.15) is 5.56 Å². The third kappa shape index (κ3) is 2.83. The lowest BCUT2D eigenvalue weighted by Crippen LogP contribution is -2.25. The van der Waals surface area contributed by atoms with Crippen molar-refractivity contribution >= 4 is 17.0 Å². The second kappa shape index (κ2) is 5.99. The number of fused-ring (bicyclic) bond motifs is 1. The molecule has 2 heterocycles. The van der Waals surface area contributed by atoms with E-state index < -0.39 is 11.5 Å². The second-order valence-electron chi connectivity index (χ2n) is 4.88. The van der Waals surface area contributed by atoms with Crippen molar-refractivity contribution in [3.63, 3.8) is 0 Å². The molecule has 0 fully saturated rings. The fourth-order valence-electron chi connectivity index (χ4n) is 2.22. The number of hydrogen-bond donors (Lipinski definition) is 0. The van der Waals surface area contributed by atoms with Gasteiger partial charge in [-0.05, 0) is 6.07 Å². The van der Waals surface area contributed by atoms with Crippen molar-refractivity contribution in [1.82, 2.24) is 19.3 Å². The van der Waals surface area contributed by atoms with Crippen LogP contribution in [0.5, 0.6) is 0 Å². The number of benzene rings is 1. The first kappa shape index (κ1) is 14.9. The van der Waals surface area contributed by atoms with E-state index in [1.165, 1.54) is 30.4 Å². The Bertz CT molecular complexity index is 932. The number of carbonyl (C=O) groups excluding carboxylic acids is 1. The zero-order valence-corrected chi connectivity index (χ0v) is 12.3. The number of hydrogen-bond acceptors (Lipinski definition) is 5. The van der Waals surface area contributed by atoms with Crippen molar-refractivity contribution in [2.24, 2.45) is 0 Å². The molecule has 0 unspecified atom stereocenters. The van der Waals surface area contributed by atoms with Gasteiger partial charge in [-0.1, -0.05) is 18.2 Å². The fraction of sp³-hybridized carbons (Fsp3) is 0.200. The summed E-state index contributed by atoms with van der Waals surface area (Å²) in [5.74, 6) is -0.901. The van der Waals surface area contributed by atoms with Gasteiger partial charge in [-0.3, -0.25) is 14.2 Å². The Morgan fingerprint density at radius 1 is 1.35 bits per heavy atom. The summed E-state index contributed by atoms with van der Waals surface area (Å²) < 4.78 is 20.8. The molecular formula is C15H13FN4O3. The molecule has 3 rings (SSSR count). The Labute approximate surface area is 129 Å². The summed E-state index contributed by atoms with van der Waals surface area (Å²) in [6, 6.07) is 6.32. The van der Waals surface area contributed by atoms with Crippen LogP contribution in [0.3, 0.4) is 0 Å². The van der Waals surface area contributed by atoms with Crippen LogP contribution in [0.4, 0.5) is 4.39 Å². The van der Waals surface area contributed by atoms with E-state index in [-0.39, 0.29) is 24.3 Å². The highest BCUT2D eigenvalue weighted by Crippen LogP contribution is 2.12. The number of ether oxygens (including phenoxy) is 1. The van der Waals surface area contributed by atoms with Gasteiger partial charge in [0.15, 0.2) is 5.65 Å². The van der Waals surface area contributed by atoms with Gasteiger partial charge < -0.3 is 4.74 Å². The maximum absolute atomic E-state index is 13.7. The van der Waals surface area contributed by atoms with Crippen molar-refractivity contribution in [1.29, 1.82) is 0 Å². The maximum Gasteiger partial charge on any atom is 0.325 e. The van der Waals surface area contributed by atoms with Crippen LogP contribution in [0, 0.1) is 5.82 Å². The molecule has 0 saturated carbocycles. The van der Waals surface area contributed by atoms with Crippen LogP contribution in [0.15, 0.2) is 41.6 Å². The van der Waals surface area contributed by atoms with E-state index in [1.54, 1.807) is 18.2 Å². The first-order chi connectivity index (χ1) is 11.1. The molecule has 0 bridgehead atoms. The van der Waals surface area contributed by atoms with Crippen LogP contribution in [0.2, 0.25) is 0 Å². The van der Waals surface area contributed by atoms with E-state index in [0.717, 1.165) is 4.57 Å². The van der Waals surface area contributed by atoms with Crippen molar-refractivity contribution < 1.29 is 13.9 Å². The Morgan fingerprint density at radius 2 is 2.13 bits per heavy atom. The molecule has 0 aliphatic heterocycles. The van der Waals surface area contributed by atoms with E-state index in [2.05, 4.69) is 14.8 Å². The zero-order valence-electron chi connectivity index (χ0n) is 12.3. The number of rotatable bonds is 4. The molecule has 0 N–H and O–H groups in total. The topological polar surface area (TPSA) is 79.0 Å². The molecule has 0 saturated heterocycles. The molecular weight excluding hydrogens is 303 g/mol. The molecule has 118 valence electrons. The van der Waals surface area contributed by atoms with Gasteiger partial charge in [0, 0.05) is 5.56 Å². The minimum Gasteiger partial charge on any atom is -0.468 e. The van der Waals surface area contributed by atoms with Gasteiger partial charge in [-0.15, -0.1) is 0 Å². The predicted molar refractivity (Wildman–Crippen MR) is 79.3 cm³/mol. The van der Waals surface area contributed by atoms with Gasteiger partial charge in [0.25, 0.3) is 5.56 Å². The Hall–Kier alpha value is -3.03. The lowest BCUT2D eigenvalue weighted by molar-refractivity contribution is -0.141. The molecule has 1 aromatic carbocycles. The summed E-state index contributed by atoms with van der Waals surface area (Å²) in [5, 5.41) is 4.35. The van der Waals surface area contributed by atoms with Crippen LogP contribution in [0.25, 0.3) is 11.0 Å². The van der Waals surface area contributed by atoms with E-state index in [0.29, 0.717) is 11.2 Å². The molecule has 0 aliphatic rings. The molecule has 7 nitrogen and oxygen atoms in total. The monoisotopic (exact) mass is 316 g/mol. The molecule has 3 aromatic rings. The summed E-state index contributed by atoms with van der Waals surface area (Å²) in [5.41, 5.74) is 0.373. The average molecular weight is 316 g/mol. The summed E-state index contributed by atoms with van der Waals surface area (Å²) >= 11 is 0. The molecule has 0 spiro atoms. The van der Waals surface area contributed by atoms with Gasteiger partial charge in [0.2, 0.25) is 0 Å². The number of methoxy groups -OCH3 is 1. The molecule has 23 heavy (non-hydrogen) atoms. The van der Waals surface area contributed by atoms with E-state index in [1.807, 2.05) is 0 Å². The summed E-state index contributed by atoms with van der Waals surface area (Å²) in [6.07, 6.45) is 2.61. The lowest BCUT2D eigenvalue weighted by Gasteiger charge is -2.06. The molecule has 0 atom stereocenters. The minimum atomic E-state index is -0.549. The highest BCUT2D eigenvalue weighted by atomic mass is 19.1. The van der Waals surface area contributed by atoms with Crippen LogP contribution in [-0.4, -0.2) is 32.4 Å². The van der Waals surface area contributed by atoms with Gasteiger partial charge in [-0.2, -0.15) is 5.10 Å². The molecule has 0 aliphatic carbocycles. The van der Waals surface area contributed by atoms with E-state index >= 15 is 0 Å². The van der Waals surface area contributed by atoms with Crippen molar-refractivity contribution in [3.8, 4) is 0 Å². The third-order valence-corrected chi connectivity index (χ3v) is 3.43. The van der Waals surface area contributed by atoms with E-state index in [9.17, 15) is 14.0 Å². The maximum atomic E-state index is 13.7. The van der Waals surface area contributed by atoms with Crippen LogP contribution >= 0.6 is 0 Å². The van der Waals surface area contributed by atoms with Crippen molar-refractivity contribution in [3.05, 3.63) is 58.5 Å². The standard InChI is InChI=1S/C15H13FN4O3/c1-23-13(21)8-19-9-17-14-11(15(19)22)6-18-20(14)7-10-4-2-3-5-12(10)16/h2-6,9H,7-8H2,1H3. The highest BCUT2D eigenvalue weighted by Gasteiger charge is 2.13. The van der Waals surface area contributed by atoms with Gasteiger partial charge >= 0.3 is 5.97 Å². The number of esters is 1. The Balaban J connectivity index is 1.99. The number of halogens is 1. The molecule has 8 heteroatoms. The Morgan fingerprint density at radius 3 is 2.87 bits per heavy atom. The highest BCUT2D eigenvalue weighted by molar-refractivity contribution is 5.74. The number of carbonyl (C=O) groups is 1. The fourth-order valence-corrected chi connectivity index (χ4v) is 2.22. The lowest BCUT2D eigenvalue weighted by atomic mass is 10.2. The van der Waals surface area contributed by atoms with Crippen LogP contribution < -0.4 is 5.56 Å². The van der Waals surface area contributed by atoms with Gasteiger partial charge in [0.1, 0.15) is 24.1 Å². The van der Waals surface area contributed by atoms with Crippen molar-refractivity contribution in [2.45, 2.75) is 13.1 Å². The number of nitrogens with zero attached hydrogens (tertiary/aromatic N) is 4. The summed E-state index contributed by atoms with van der Waals surface area (Å²) in [6.45, 7) is -0.0691. The quantitative estimate of drug-likeness (QED) is 0.670. The smallest absolute Gasteiger partial charge is 0.325 e. The average Bonchev–Trinajstić information content (AvgIpc) is 2.96. The van der Waals surface area contributed by atoms with Gasteiger partial charge in [0.05, 0.1) is 19.9 Å². The Kier molecular flexibility index (Phi) is 3.88. The largest absolute Gasteiger partial charge is 0.468 e. The van der Waals surface area contributed by atoms with Crippen LogP contribution in [-0.2, 0) is 22.6 Å². The zero-order chi connectivity index (χ0) is 16.4. The third-order valence-electron chi connectivity index (χ3n) is 3.43. The molecule has 0 radical (unpaired) electrons. The molecule has 0 amide bonds. The van der Waals surface area contributed by atoms with E-state index in [4.69, 9.17) is 0 Å². The first-order valence-electron chi connectivity index (χ1n) is 6.81. The van der Waals surface area contributed by atoms with Crippen molar-refractivity contribution in [2.75, 3.05) is 7.11 Å². The second-order valence-corrected chi connectivity index (χ2v) is 4.88. The molecule has 2 aromatic heterocycles. The predicted octanol–water partition coefficient (Wildman–Crippen LogP) is 0.953. The normalized spacial score (nSPS) is 10.9. The number of aromatic nitrogens is 4. The summed E-state index contributed by atoms with van der Waals surface area (Å²) in [7, 11) is 1.24. The summed E-state index contributed by atoms with van der Waals surface area (Å²) in [4.78, 5) is 27.7. The minimum absolute atomic E-state index is 0.156. The first-order valence-corrected chi connectivity index (χ1v) is 6.81.